The first-order chi connectivity index (χ1) is 5.63. The highest BCUT2D eigenvalue weighted by molar-refractivity contribution is 7.19. The van der Waals surface area contributed by atoms with Gasteiger partial charge in [0.1, 0.15) is 0 Å². The lowest BCUT2D eigenvalue weighted by molar-refractivity contribution is 0.268. The van der Waals surface area contributed by atoms with E-state index in [1.165, 1.54) is 25.7 Å². The lowest BCUT2D eigenvalue weighted by Crippen LogP contribution is -2.26. The van der Waals surface area contributed by atoms with Gasteiger partial charge in [-0.25, -0.2) is 0 Å². The van der Waals surface area contributed by atoms with Gasteiger partial charge in [-0.1, -0.05) is 20.3 Å². The molecule has 1 aliphatic rings. The van der Waals surface area contributed by atoms with Gasteiger partial charge in [-0.2, -0.15) is 0 Å². The van der Waals surface area contributed by atoms with Gasteiger partial charge in [0.25, 0.3) is 0 Å². The Kier molecular flexibility index (Phi) is 4.49. The second-order valence-electron chi connectivity index (χ2n) is 4.37. The van der Waals surface area contributed by atoms with Crippen molar-refractivity contribution in [3.63, 3.8) is 0 Å². The van der Waals surface area contributed by atoms with Gasteiger partial charge in [0.15, 0.2) is 0 Å². The molecule has 12 heavy (non-hydrogen) atoms. The molecule has 5 unspecified atom stereocenters. The molecule has 0 N–H and O–H groups in total. The van der Waals surface area contributed by atoms with Crippen molar-refractivity contribution in [2.75, 3.05) is 0 Å². The van der Waals surface area contributed by atoms with Crippen molar-refractivity contribution in [2.24, 2.45) is 11.8 Å². The zero-order valence-corrected chi connectivity index (χ0v) is 10.6. The van der Waals surface area contributed by atoms with Crippen LogP contribution in [0.4, 0.5) is 0 Å². The fourth-order valence-electron chi connectivity index (χ4n) is 2.25. The van der Waals surface area contributed by atoms with Crippen molar-refractivity contribution in [1.82, 2.24) is 0 Å². The first-order valence-electron chi connectivity index (χ1n) is 5.14. The average Bonchev–Trinajstić information content (AvgIpc) is 2.01. The summed E-state index contributed by atoms with van der Waals surface area (Å²) >= 11 is 0. The predicted molar refractivity (Wildman–Crippen MR) is 63.8 cm³/mol. The smallest absolute Gasteiger partial charge is 0.0256 e. The van der Waals surface area contributed by atoms with Crippen LogP contribution in [0.25, 0.3) is 0 Å². The van der Waals surface area contributed by atoms with Crippen molar-refractivity contribution in [3.8, 4) is 0 Å². The van der Waals surface area contributed by atoms with E-state index in [4.69, 9.17) is 0 Å². The highest BCUT2D eigenvalue weighted by atomic mass is 31.0. The molecule has 2 heteroatoms. The van der Waals surface area contributed by atoms with Crippen molar-refractivity contribution in [3.05, 3.63) is 0 Å². The summed E-state index contributed by atoms with van der Waals surface area (Å²) in [4.78, 5) is 0. The topological polar surface area (TPSA) is 0 Å². The van der Waals surface area contributed by atoms with Gasteiger partial charge in [0.2, 0.25) is 0 Å². The standard InChI is InChI=1S/C10H22P2/c1-3-7(2)8-4-9(11)6-10(12)5-8/h7-10H,3-6,11-12H2,1-2H3. The molecule has 0 aromatic heterocycles. The third-order valence-electron chi connectivity index (χ3n) is 3.27. The third-order valence-corrected chi connectivity index (χ3v) is 4.35. The minimum Gasteiger partial charge on any atom is -0.134 e. The molecule has 1 saturated carbocycles. The molecule has 1 rings (SSSR count). The summed E-state index contributed by atoms with van der Waals surface area (Å²) in [6.45, 7) is 4.72. The zero-order chi connectivity index (χ0) is 9.14. The molecule has 0 saturated heterocycles. The van der Waals surface area contributed by atoms with Crippen molar-refractivity contribution < 1.29 is 0 Å². The molecule has 0 spiro atoms. The van der Waals surface area contributed by atoms with Crippen LogP contribution >= 0.6 is 18.5 Å². The summed E-state index contributed by atoms with van der Waals surface area (Å²) in [5.74, 6) is 1.91. The van der Waals surface area contributed by atoms with Gasteiger partial charge < -0.3 is 0 Å². The van der Waals surface area contributed by atoms with Crippen LogP contribution in [0.2, 0.25) is 0 Å². The normalized spacial score (nSPS) is 39.5. The van der Waals surface area contributed by atoms with E-state index in [1.54, 1.807) is 0 Å². The summed E-state index contributed by atoms with van der Waals surface area (Å²) in [6.07, 6.45) is 5.61. The molecule has 0 radical (unpaired) electrons. The van der Waals surface area contributed by atoms with Crippen LogP contribution in [0.3, 0.4) is 0 Å². The van der Waals surface area contributed by atoms with E-state index < -0.39 is 0 Å². The van der Waals surface area contributed by atoms with E-state index in [9.17, 15) is 0 Å². The molecule has 0 bridgehead atoms. The highest BCUT2D eigenvalue weighted by Gasteiger charge is 2.26. The van der Waals surface area contributed by atoms with Crippen molar-refractivity contribution in [1.29, 1.82) is 0 Å². The number of hydrogen-bond acceptors (Lipinski definition) is 0. The van der Waals surface area contributed by atoms with E-state index in [0.29, 0.717) is 0 Å². The summed E-state index contributed by atoms with van der Waals surface area (Å²) in [7, 11) is 6.01. The molecular formula is C10H22P2. The highest BCUT2D eigenvalue weighted by Crippen LogP contribution is 2.37. The average molecular weight is 204 g/mol. The van der Waals surface area contributed by atoms with E-state index in [1.807, 2.05) is 0 Å². The van der Waals surface area contributed by atoms with Gasteiger partial charge in [0.05, 0.1) is 0 Å². The van der Waals surface area contributed by atoms with Crippen LogP contribution in [0, 0.1) is 11.8 Å². The van der Waals surface area contributed by atoms with E-state index in [0.717, 1.165) is 23.2 Å². The first-order valence-corrected chi connectivity index (χ1v) is 6.48. The molecule has 0 heterocycles. The van der Waals surface area contributed by atoms with Gasteiger partial charge in [-0.15, -0.1) is 18.5 Å². The van der Waals surface area contributed by atoms with Gasteiger partial charge in [-0.3, -0.25) is 0 Å². The molecule has 0 aromatic carbocycles. The van der Waals surface area contributed by atoms with Crippen LogP contribution in [-0.4, -0.2) is 11.3 Å². The molecule has 0 amide bonds. The minimum atomic E-state index is 0.875. The van der Waals surface area contributed by atoms with Crippen LogP contribution in [0.1, 0.15) is 39.5 Å². The van der Waals surface area contributed by atoms with Crippen LogP contribution in [0.15, 0.2) is 0 Å². The maximum Gasteiger partial charge on any atom is -0.0256 e. The minimum absolute atomic E-state index is 0.875. The molecule has 0 aromatic rings. The molecule has 5 atom stereocenters. The molecule has 0 aliphatic heterocycles. The van der Waals surface area contributed by atoms with Crippen LogP contribution in [-0.2, 0) is 0 Å². The largest absolute Gasteiger partial charge is 0.134 e. The lowest BCUT2D eigenvalue weighted by Gasteiger charge is -2.34. The number of rotatable bonds is 2. The maximum atomic E-state index is 3.01. The van der Waals surface area contributed by atoms with Crippen molar-refractivity contribution >= 4 is 18.5 Å². The third kappa shape index (κ3) is 2.97. The van der Waals surface area contributed by atoms with Gasteiger partial charge >= 0.3 is 0 Å². The predicted octanol–water partition coefficient (Wildman–Crippen LogP) is 3.32. The molecule has 1 fully saturated rings. The summed E-state index contributed by atoms with van der Waals surface area (Å²) in [6, 6.07) is 0. The monoisotopic (exact) mass is 204 g/mol. The lowest BCUT2D eigenvalue weighted by atomic mass is 9.79. The SMILES string of the molecule is CCC(C)C1CC(P)CC(P)C1. The zero-order valence-electron chi connectivity index (χ0n) is 8.29. The summed E-state index contributed by atoms with van der Waals surface area (Å²) in [5.41, 5.74) is 1.75. The Morgan fingerprint density at radius 2 is 1.67 bits per heavy atom. The fraction of sp³-hybridized carbons (Fsp3) is 1.00. The Morgan fingerprint density at radius 1 is 1.17 bits per heavy atom. The number of hydrogen-bond donors (Lipinski definition) is 0. The summed E-state index contributed by atoms with van der Waals surface area (Å²) in [5, 5.41) is 0. The molecule has 1 aliphatic carbocycles. The Hall–Kier alpha value is 0.860. The van der Waals surface area contributed by atoms with E-state index in [-0.39, 0.29) is 0 Å². The van der Waals surface area contributed by atoms with Crippen LogP contribution < -0.4 is 0 Å². The second kappa shape index (κ2) is 4.92. The fourth-order valence-corrected chi connectivity index (χ4v) is 3.97. The van der Waals surface area contributed by atoms with Crippen LogP contribution in [0.5, 0.6) is 0 Å². The maximum absolute atomic E-state index is 3.01. The van der Waals surface area contributed by atoms with Gasteiger partial charge in [-0.05, 0) is 42.4 Å². The Balaban J connectivity index is 2.43. The van der Waals surface area contributed by atoms with Crippen molar-refractivity contribution in [2.45, 2.75) is 50.8 Å². The Bertz CT molecular complexity index is 126. The van der Waals surface area contributed by atoms with E-state index in [2.05, 4.69) is 32.3 Å². The van der Waals surface area contributed by atoms with Gasteiger partial charge in [0, 0.05) is 0 Å². The van der Waals surface area contributed by atoms with E-state index >= 15 is 0 Å². The molecule has 0 nitrogen and oxygen atoms in total. The quantitative estimate of drug-likeness (QED) is 0.605. The summed E-state index contributed by atoms with van der Waals surface area (Å²) < 4.78 is 0. The second-order valence-corrected chi connectivity index (χ2v) is 6.26. The Morgan fingerprint density at radius 3 is 2.08 bits per heavy atom. The Labute approximate surface area is 81.7 Å². The first kappa shape index (κ1) is 10.9. The molecule has 72 valence electrons. The molecular weight excluding hydrogens is 182 g/mol.